The number of nitrogens with one attached hydrogen (secondary N) is 1. The molecule has 0 unspecified atom stereocenters. The van der Waals surface area contributed by atoms with Gasteiger partial charge in [-0.25, -0.2) is 9.78 Å². The molecular weight excluding hydrogens is 402 g/mol. The molecule has 2 aromatic heterocycles. The van der Waals surface area contributed by atoms with Crippen LogP contribution in [0.15, 0.2) is 54.7 Å². The van der Waals surface area contributed by atoms with Crippen LogP contribution in [0, 0.1) is 11.3 Å². The van der Waals surface area contributed by atoms with Crippen LogP contribution in [-0.2, 0) is 4.74 Å². The molecule has 8 nitrogen and oxygen atoms in total. The van der Waals surface area contributed by atoms with Crippen molar-refractivity contribution in [3.8, 4) is 11.8 Å². The number of carbonyl (C=O) groups excluding carboxylic acids is 2. The van der Waals surface area contributed by atoms with Crippen LogP contribution in [0.25, 0.3) is 15.9 Å². The lowest BCUT2D eigenvalue weighted by atomic mass is 10.2. The van der Waals surface area contributed by atoms with Gasteiger partial charge in [-0.15, -0.1) is 0 Å². The summed E-state index contributed by atoms with van der Waals surface area (Å²) in [5, 5.41) is 12.5. The van der Waals surface area contributed by atoms with Crippen LogP contribution >= 0.6 is 11.3 Å². The number of nitrogens with two attached hydrogens (primary N) is 1. The van der Waals surface area contributed by atoms with Crippen molar-refractivity contribution in [1.82, 2.24) is 9.55 Å². The Labute approximate surface area is 175 Å². The van der Waals surface area contributed by atoms with E-state index in [2.05, 4.69) is 10.3 Å². The summed E-state index contributed by atoms with van der Waals surface area (Å²) in [5.41, 5.74) is 7.96. The Balaban J connectivity index is 1.61. The average Bonchev–Trinajstić information content (AvgIpc) is 3.33. The zero-order valence-corrected chi connectivity index (χ0v) is 16.6. The molecule has 30 heavy (non-hydrogen) atoms. The number of nitriles is 1. The summed E-state index contributed by atoms with van der Waals surface area (Å²) >= 11 is 1.39. The number of aromatic nitrogens is 2. The van der Waals surface area contributed by atoms with Gasteiger partial charge < -0.3 is 15.0 Å². The van der Waals surface area contributed by atoms with Gasteiger partial charge in [-0.3, -0.25) is 10.1 Å². The third-order valence-corrected chi connectivity index (χ3v) is 5.42. The lowest BCUT2D eigenvalue weighted by Crippen LogP contribution is -2.13. The van der Waals surface area contributed by atoms with Gasteiger partial charge in [0.15, 0.2) is 10.8 Å². The number of fused-ring (bicyclic) bond motifs is 1. The molecule has 148 valence electrons. The van der Waals surface area contributed by atoms with Crippen LogP contribution in [-0.4, -0.2) is 28.5 Å². The molecule has 0 saturated heterocycles. The van der Waals surface area contributed by atoms with Gasteiger partial charge in [0.05, 0.1) is 28.6 Å². The maximum absolute atomic E-state index is 12.6. The second-order valence-electron chi connectivity index (χ2n) is 6.27. The Kier molecular flexibility index (Phi) is 4.92. The Morgan fingerprint density at radius 3 is 2.60 bits per heavy atom. The predicted molar refractivity (Wildman–Crippen MR) is 114 cm³/mol. The summed E-state index contributed by atoms with van der Waals surface area (Å²) < 4.78 is 7.22. The van der Waals surface area contributed by atoms with Crippen molar-refractivity contribution < 1.29 is 14.3 Å². The first kappa shape index (κ1) is 19.2. The van der Waals surface area contributed by atoms with E-state index in [0.717, 1.165) is 10.2 Å². The van der Waals surface area contributed by atoms with Crippen LogP contribution in [0.3, 0.4) is 0 Å². The van der Waals surface area contributed by atoms with Gasteiger partial charge in [0, 0.05) is 17.4 Å². The number of rotatable bonds is 4. The molecule has 9 heteroatoms. The number of carbonyl (C=O) groups is 2. The maximum atomic E-state index is 12.6. The molecule has 0 aliphatic rings. The minimum absolute atomic E-state index is 0.0435. The van der Waals surface area contributed by atoms with Gasteiger partial charge >= 0.3 is 5.97 Å². The summed E-state index contributed by atoms with van der Waals surface area (Å²) in [5.74, 6) is -0.967. The number of benzene rings is 2. The third kappa shape index (κ3) is 3.36. The highest BCUT2D eigenvalue weighted by Gasteiger charge is 2.21. The summed E-state index contributed by atoms with van der Waals surface area (Å²) in [4.78, 5) is 29.1. The van der Waals surface area contributed by atoms with E-state index in [1.807, 2.05) is 30.3 Å². The van der Waals surface area contributed by atoms with Crippen LogP contribution in [0.4, 0.5) is 10.8 Å². The third-order valence-electron chi connectivity index (χ3n) is 4.47. The van der Waals surface area contributed by atoms with E-state index in [9.17, 15) is 14.9 Å². The molecule has 0 aliphatic heterocycles. The van der Waals surface area contributed by atoms with E-state index in [1.165, 1.54) is 29.2 Å². The monoisotopic (exact) mass is 417 g/mol. The number of ether oxygens (including phenoxy) is 1. The van der Waals surface area contributed by atoms with Crippen LogP contribution in [0.2, 0.25) is 0 Å². The number of para-hydroxylation sites is 1. The molecular formula is C21H15N5O3S. The van der Waals surface area contributed by atoms with Gasteiger partial charge in [0.25, 0.3) is 5.91 Å². The molecule has 4 rings (SSSR count). The first-order chi connectivity index (χ1) is 14.5. The summed E-state index contributed by atoms with van der Waals surface area (Å²) in [6.45, 7) is 0. The molecule has 0 bridgehead atoms. The number of nitrogens with zero attached hydrogens (tertiary/aromatic N) is 3. The summed E-state index contributed by atoms with van der Waals surface area (Å²) in [6.07, 6.45) is 1.46. The van der Waals surface area contributed by atoms with Crippen molar-refractivity contribution in [2.45, 2.75) is 0 Å². The molecule has 0 spiro atoms. The number of thiazole rings is 1. The first-order valence-electron chi connectivity index (χ1n) is 8.78. The number of hydrogen-bond donors (Lipinski definition) is 2. The molecule has 4 aromatic rings. The predicted octanol–water partition coefficient (Wildman–Crippen LogP) is 3.58. The Morgan fingerprint density at radius 2 is 1.93 bits per heavy atom. The largest absolute Gasteiger partial charge is 0.464 e. The first-order valence-corrected chi connectivity index (χ1v) is 9.60. The van der Waals surface area contributed by atoms with Gasteiger partial charge in [0.1, 0.15) is 6.07 Å². The quantitative estimate of drug-likeness (QED) is 0.489. The van der Waals surface area contributed by atoms with Crippen LogP contribution < -0.4 is 11.1 Å². The normalized spacial score (nSPS) is 10.5. The zero-order valence-electron chi connectivity index (χ0n) is 15.7. The van der Waals surface area contributed by atoms with E-state index in [4.69, 9.17) is 10.5 Å². The standard InChI is InChI=1S/C21H15N5O3S/c1-29-20(28)18-17(23)13(10-22)11-26(18)14-8-6-12(7-9-14)19(27)25-21-24-15-4-2-3-5-16(15)30-21/h2-9,11H,23H2,1H3,(H,24,25,27). The Morgan fingerprint density at radius 1 is 1.20 bits per heavy atom. The maximum Gasteiger partial charge on any atom is 0.357 e. The summed E-state index contributed by atoms with van der Waals surface area (Å²) in [6, 6.07) is 16.1. The number of nitrogen functional groups attached to an aromatic ring is 1. The lowest BCUT2D eigenvalue weighted by Gasteiger charge is -2.09. The van der Waals surface area contributed by atoms with E-state index < -0.39 is 5.97 Å². The molecule has 0 saturated carbocycles. The molecule has 1 amide bonds. The van der Waals surface area contributed by atoms with Gasteiger partial charge in [0.2, 0.25) is 0 Å². The zero-order chi connectivity index (χ0) is 21.3. The SMILES string of the molecule is COC(=O)c1c(N)c(C#N)cn1-c1ccc(C(=O)Nc2nc3ccccc3s2)cc1. The van der Waals surface area contributed by atoms with Gasteiger partial charge in [-0.1, -0.05) is 23.5 Å². The van der Waals surface area contributed by atoms with Crippen LogP contribution in [0.5, 0.6) is 0 Å². The van der Waals surface area contributed by atoms with Crippen LogP contribution in [0.1, 0.15) is 26.4 Å². The molecule has 2 heterocycles. The number of hydrogen-bond acceptors (Lipinski definition) is 7. The molecule has 2 aromatic carbocycles. The minimum atomic E-state index is -0.661. The van der Waals surface area contributed by atoms with Crippen molar-refractivity contribution in [2.75, 3.05) is 18.2 Å². The highest BCUT2D eigenvalue weighted by Crippen LogP contribution is 2.27. The highest BCUT2D eigenvalue weighted by atomic mass is 32.1. The number of amides is 1. The van der Waals surface area contributed by atoms with Crippen molar-refractivity contribution in [3.63, 3.8) is 0 Å². The van der Waals surface area contributed by atoms with Crippen molar-refractivity contribution >= 4 is 44.2 Å². The minimum Gasteiger partial charge on any atom is -0.464 e. The fourth-order valence-corrected chi connectivity index (χ4v) is 3.85. The second-order valence-corrected chi connectivity index (χ2v) is 7.30. The van der Waals surface area contributed by atoms with E-state index >= 15 is 0 Å². The summed E-state index contributed by atoms with van der Waals surface area (Å²) in [7, 11) is 1.24. The van der Waals surface area contributed by atoms with Gasteiger partial charge in [-0.05, 0) is 36.4 Å². The Hall–Kier alpha value is -4.16. The van der Waals surface area contributed by atoms with E-state index in [0.29, 0.717) is 16.4 Å². The Bertz CT molecular complexity index is 1280. The fraction of sp³-hybridized carbons (Fsp3) is 0.0476. The molecule has 3 N–H and O–H groups in total. The smallest absolute Gasteiger partial charge is 0.357 e. The second kappa shape index (κ2) is 7.69. The average molecular weight is 417 g/mol. The molecule has 0 fully saturated rings. The van der Waals surface area contributed by atoms with Gasteiger partial charge in [-0.2, -0.15) is 5.26 Å². The molecule has 0 atom stereocenters. The van der Waals surface area contributed by atoms with E-state index in [1.54, 1.807) is 24.3 Å². The number of esters is 1. The van der Waals surface area contributed by atoms with Crippen molar-refractivity contribution in [2.24, 2.45) is 0 Å². The topological polar surface area (TPSA) is 123 Å². The van der Waals surface area contributed by atoms with Crippen molar-refractivity contribution in [1.29, 1.82) is 5.26 Å². The highest BCUT2D eigenvalue weighted by molar-refractivity contribution is 7.22. The number of methoxy groups -OCH3 is 1. The van der Waals surface area contributed by atoms with Crippen molar-refractivity contribution in [3.05, 3.63) is 71.5 Å². The lowest BCUT2D eigenvalue weighted by molar-refractivity contribution is 0.0593. The molecule has 0 aliphatic carbocycles. The number of anilines is 2. The fourth-order valence-electron chi connectivity index (χ4n) is 2.99. The van der Waals surface area contributed by atoms with E-state index in [-0.39, 0.29) is 22.9 Å². The molecule has 0 radical (unpaired) electrons.